The zero-order valence-corrected chi connectivity index (χ0v) is 17.2. The summed E-state index contributed by atoms with van der Waals surface area (Å²) < 4.78 is 35.4. The van der Waals surface area contributed by atoms with Crippen LogP contribution in [0.25, 0.3) is 5.82 Å². The number of nitrogens with one attached hydrogen (secondary N) is 1. The summed E-state index contributed by atoms with van der Waals surface area (Å²) >= 11 is 3.29. The number of ether oxygens (including phenoxy) is 1. The molecule has 0 aliphatic rings. The monoisotopic (exact) mass is 471 g/mol. The van der Waals surface area contributed by atoms with Gasteiger partial charge in [0.05, 0.1) is 4.90 Å². The van der Waals surface area contributed by atoms with Crippen molar-refractivity contribution >= 4 is 31.6 Å². The number of anilines is 1. The van der Waals surface area contributed by atoms with Crippen molar-refractivity contribution in [2.45, 2.75) is 4.90 Å². The van der Waals surface area contributed by atoms with Gasteiger partial charge in [0.25, 0.3) is 10.0 Å². The van der Waals surface area contributed by atoms with Crippen molar-refractivity contribution in [3.8, 4) is 17.4 Å². The lowest BCUT2D eigenvalue weighted by Gasteiger charge is -2.09. The molecule has 4 rings (SSSR count). The van der Waals surface area contributed by atoms with Crippen molar-refractivity contribution < 1.29 is 13.2 Å². The van der Waals surface area contributed by atoms with Gasteiger partial charge in [0, 0.05) is 28.6 Å². The molecule has 0 amide bonds. The van der Waals surface area contributed by atoms with E-state index in [1.807, 2.05) is 0 Å². The van der Waals surface area contributed by atoms with Crippen molar-refractivity contribution in [3.63, 3.8) is 0 Å². The Morgan fingerprint density at radius 1 is 0.931 bits per heavy atom. The molecule has 0 spiro atoms. The molecule has 0 atom stereocenters. The first-order valence-corrected chi connectivity index (χ1v) is 10.7. The largest absolute Gasteiger partial charge is 0.438 e. The van der Waals surface area contributed by atoms with Crippen molar-refractivity contribution in [2.24, 2.45) is 0 Å². The van der Waals surface area contributed by atoms with Gasteiger partial charge in [-0.2, -0.15) is 5.10 Å². The van der Waals surface area contributed by atoms with Crippen molar-refractivity contribution in [1.82, 2.24) is 20.0 Å². The number of rotatable bonds is 6. The number of sulfonamides is 1. The van der Waals surface area contributed by atoms with Crippen molar-refractivity contribution in [1.29, 1.82) is 0 Å². The van der Waals surface area contributed by atoms with Crippen LogP contribution in [-0.2, 0) is 10.0 Å². The third kappa shape index (κ3) is 4.61. The molecular formula is C19H14BrN5O3S. The van der Waals surface area contributed by atoms with Gasteiger partial charge in [-0.05, 0) is 60.7 Å². The van der Waals surface area contributed by atoms with Crippen LogP contribution >= 0.6 is 15.9 Å². The van der Waals surface area contributed by atoms with Crippen LogP contribution in [0, 0.1) is 0 Å². The number of halogens is 1. The van der Waals surface area contributed by atoms with Gasteiger partial charge >= 0.3 is 0 Å². The molecule has 10 heteroatoms. The maximum atomic E-state index is 12.4. The van der Waals surface area contributed by atoms with Gasteiger partial charge in [-0.1, -0.05) is 15.9 Å². The fourth-order valence-corrected chi connectivity index (χ4v) is 3.76. The maximum Gasteiger partial charge on any atom is 0.261 e. The van der Waals surface area contributed by atoms with Crippen LogP contribution in [0.5, 0.6) is 11.6 Å². The zero-order valence-electron chi connectivity index (χ0n) is 14.8. The van der Waals surface area contributed by atoms with Crippen molar-refractivity contribution in [3.05, 3.63) is 83.6 Å². The smallest absolute Gasteiger partial charge is 0.261 e. The summed E-state index contributed by atoms with van der Waals surface area (Å²) in [5.74, 6) is 1.38. The minimum absolute atomic E-state index is 0.175. The van der Waals surface area contributed by atoms with Crippen LogP contribution in [0.1, 0.15) is 0 Å². The third-order valence-electron chi connectivity index (χ3n) is 3.82. The van der Waals surface area contributed by atoms with Gasteiger partial charge in [0.1, 0.15) is 5.75 Å². The second kappa shape index (κ2) is 8.02. The Bertz CT molecular complexity index is 1190. The molecule has 2 aromatic heterocycles. The maximum absolute atomic E-state index is 12.4. The first kappa shape index (κ1) is 19.1. The van der Waals surface area contributed by atoms with Crippen LogP contribution in [0.15, 0.2) is 88.5 Å². The highest BCUT2D eigenvalue weighted by atomic mass is 79.9. The summed E-state index contributed by atoms with van der Waals surface area (Å²) in [6.45, 7) is 0. The lowest BCUT2D eigenvalue weighted by atomic mass is 10.3. The summed E-state index contributed by atoms with van der Waals surface area (Å²) in [6.07, 6.45) is 3.41. The van der Waals surface area contributed by atoms with Gasteiger partial charge in [-0.25, -0.2) is 13.1 Å². The quantitative estimate of drug-likeness (QED) is 0.455. The summed E-state index contributed by atoms with van der Waals surface area (Å²) in [5.41, 5.74) is 0.417. The van der Waals surface area contributed by atoms with Gasteiger partial charge in [-0.15, -0.1) is 10.2 Å². The van der Waals surface area contributed by atoms with Crippen LogP contribution in [-0.4, -0.2) is 28.4 Å². The van der Waals surface area contributed by atoms with Gasteiger partial charge < -0.3 is 4.74 Å². The molecular weight excluding hydrogens is 458 g/mol. The summed E-state index contributed by atoms with van der Waals surface area (Å²) in [6, 6.07) is 18.1. The van der Waals surface area contributed by atoms with E-state index in [1.54, 1.807) is 71.7 Å². The van der Waals surface area contributed by atoms with Crippen LogP contribution in [0.2, 0.25) is 0 Å². The minimum atomic E-state index is -3.67. The molecule has 0 saturated heterocycles. The van der Waals surface area contributed by atoms with E-state index in [0.717, 1.165) is 4.47 Å². The van der Waals surface area contributed by atoms with Gasteiger partial charge in [-0.3, -0.25) is 4.72 Å². The third-order valence-corrected chi connectivity index (χ3v) is 5.74. The Labute approximate surface area is 175 Å². The van der Waals surface area contributed by atoms with E-state index in [-0.39, 0.29) is 4.90 Å². The lowest BCUT2D eigenvalue weighted by Crippen LogP contribution is -2.12. The second-order valence-electron chi connectivity index (χ2n) is 5.87. The van der Waals surface area contributed by atoms with E-state index in [0.29, 0.717) is 23.1 Å². The Hall–Kier alpha value is -3.24. The lowest BCUT2D eigenvalue weighted by molar-refractivity contribution is 0.454. The fourth-order valence-electron chi connectivity index (χ4n) is 2.43. The second-order valence-corrected chi connectivity index (χ2v) is 8.46. The zero-order chi connectivity index (χ0) is 20.3. The minimum Gasteiger partial charge on any atom is -0.438 e. The highest BCUT2D eigenvalue weighted by Gasteiger charge is 2.14. The molecule has 0 radical (unpaired) electrons. The number of nitrogens with zero attached hydrogens (tertiary/aromatic N) is 4. The van der Waals surface area contributed by atoms with E-state index in [9.17, 15) is 8.42 Å². The molecule has 0 aliphatic heterocycles. The van der Waals surface area contributed by atoms with E-state index in [4.69, 9.17) is 4.74 Å². The van der Waals surface area contributed by atoms with Crippen LogP contribution in [0.3, 0.4) is 0 Å². The molecule has 0 saturated carbocycles. The molecule has 146 valence electrons. The van der Waals surface area contributed by atoms with Crippen LogP contribution < -0.4 is 9.46 Å². The summed E-state index contributed by atoms with van der Waals surface area (Å²) in [5, 5.41) is 12.1. The average molecular weight is 472 g/mol. The molecule has 8 nitrogen and oxygen atoms in total. The number of hydrogen-bond acceptors (Lipinski definition) is 6. The number of hydrogen-bond donors (Lipinski definition) is 1. The van der Waals surface area contributed by atoms with E-state index in [2.05, 4.69) is 35.9 Å². The highest BCUT2D eigenvalue weighted by molar-refractivity contribution is 9.10. The highest BCUT2D eigenvalue weighted by Crippen LogP contribution is 2.23. The van der Waals surface area contributed by atoms with Gasteiger partial charge in [0.15, 0.2) is 5.82 Å². The Balaban J connectivity index is 1.43. The fraction of sp³-hybridized carbons (Fsp3) is 0. The van der Waals surface area contributed by atoms with E-state index >= 15 is 0 Å². The normalized spacial score (nSPS) is 11.2. The Morgan fingerprint density at radius 2 is 1.69 bits per heavy atom. The number of benzene rings is 2. The van der Waals surface area contributed by atoms with Crippen molar-refractivity contribution in [2.75, 3.05) is 4.72 Å². The number of aromatic nitrogens is 4. The Kier molecular flexibility index (Phi) is 5.28. The molecule has 2 heterocycles. The predicted molar refractivity (Wildman–Crippen MR) is 111 cm³/mol. The topological polar surface area (TPSA) is 99.0 Å². The predicted octanol–water partition coefficient (Wildman–Crippen LogP) is 4.02. The summed E-state index contributed by atoms with van der Waals surface area (Å²) in [7, 11) is -3.67. The molecule has 29 heavy (non-hydrogen) atoms. The molecule has 0 aliphatic carbocycles. The SMILES string of the molecule is O=S(=O)(Nc1ccc(Oc2ccc(-n3cccn3)nn2)cc1)c1ccc(Br)cc1. The molecule has 0 fully saturated rings. The van der Waals surface area contributed by atoms with Gasteiger partial charge in [0.2, 0.25) is 5.88 Å². The summed E-state index contributed by atoms with van der Waals surface area (Å²) in [4.78, 5) is 0.175. The van der Waals surface area contributed by atoms with E-state index in [1.165, 1.54) is 12.1 Å². The molecule has 1 N–H and O–H groups in total. The first-order chi connectivity index (χ1) is 14.0. The standard InChI is InChI=1S/C19H14BrN5O3S/c20-14-2-8-17(9-3-14)29(26,27)24-15-4-6-16(7-5-15)28-19-11-10-18(22-23-19)25-13-1-12-21-25/h1-13,24H. The Morgan fingerprint density at radius 3 is 2.31 bits per heavy atom. The molecule has 0 bridgehead atoms. The molecule has 2 aromatic carbocycles. The molecule has 0 unspecified atom stereocenters. The first-order valence-electron chi connectivity index (χ1n) is 8.40. The van der Waals surface area contributed by atoms with Crippen LogP contribution in [0.4, 0.5) is 5.69 Å². The molecule has 4 aromatic rings. The average Bonchev–Trinajstić information content (AvgIpc) is 3.25. The van der Waals surface area contributed by atoms with E-state index < -0.39 is 10.0 Å².